The number of para-hydroxylation sites is 1. The van der Waals surface area contributed by atoms with E-state index < -0.39 is 0 Å². The van der Waals surface area contributed by atoms with Gasteiger partial charge in [0.1, 0.15) is 11.5 Å². The molecule has 3 rings (SSSR count). The maximum Gasteiger partial charge on any atom is 0.229 e. The third-order valence-electron chi connectivity index (χ3n) is 4.15. The molecule has 0 aromatic heterocycles. The van der Waals surface area contributed by atoms with Gasteiger partial charge >= 0.3 is 0 Å². The van der Waals surface area contributed by atoms with E-state index in [1.165, 1.54) is 0 Å². The SMILES string of the molecule is CCN1C[C@H](C(=O)Nc2ccc(Oc3ccccc3Cl)cc2)CC1=O. The summed E-state index contributed by atoms with van der Waals surface area (Å²) >= 11 is 6.07. The molecule has 1 N–H and O–H groups in total. The van der Waals surface area contributed by atoms with Crippen LogP contribution < -0.4 is 10.1 Å². The molecule has 0 bridgehead atoms. The Labute approximate surface area is 151 Å². The van der Waals surface area contributed by atoms with Gasteiger partial charge in [0.15, 0.2) is 0 Å². The minimum Gasteiger partial charge on any atom is -0.456 e. The van der Waals surface area contributed by atoms with Crippen molar-refractivity contribution in [1.29, 1.82) is 0 Å². The summed E-state index contributed by atoms with van der Waals surface area (Å²) in [6.45, 7) is 3.03. The minimum atomic E-state index is -0.300. The van der Waals surface area contributed by atoms with Crippen LogP contribution in [0.15, 0.2) is 48.5 Å². The third-order valence-corrected chi connectivity index (χ3v) is 4.47. The Balaban J connectivity index is 1.60. The topological polar surface area (TPSA) is 58.6 Å². The summed E-state index contributed by atoms with van der Waals surface area (Å²) in [5.74, 6) is 0.797. The number of ether oxygens (including phenoxy) is 1. The van der Waals surface area contributed by atoms with Crippen molar-refractivity contribution in [3.63, 3.8) is 0 Å². The van der Waals surface area contributed by atoms with Gasteiger partial charge in [-0.1, -0.05) is 23.7 Å². The summed E-state index contributed by atoms with van der Waals surface area (Å²) in [6, 6.07) is 14.3. The number of benzene rings is 2. The number of amides is 2. The average molecular weight is 359 g/mol. The highest BCUT2D eigenvalue weighted by molar-refractivity contribution is 6.32. The average Bonchev–Trinajstić information content (AvgIpc) is 3.00. The molecular weight excluding hydrogens is 340 g/mol. The Morgan fingerprint density at radius 2 is 1.96 bits per heavy atom. The molecule has 25 heavy (non-hydrogen) atoms. The first-order valence-corrected chi connectivity index (χ1v) is 8.55. The third kappa shape index (κ3) is 4.12. The Bertz CT molecular complexity index is 776. The molecule has 6 heteroatoms. The zero-order valence-corrected chi connectivity index (χ0v) is 14.6. The van der Waals surface area contributed by atoms with E-state index in [-0.39, 0.29) is 24.2 Å². The molecule has 0 spiro atoms. The second kappa shape index (κ2) is 7.57. The molecule has 5 nitrogen and oxygen atoms in total. The summed E-state index contributed by atoms with van der Waals surface area (Å²) in [5.41, 5.74) is 0.666. The number of likely N-dealkylation sites (tertiary alicyclic amines) is 1. The second-order valence-electron chi connectivity index (χ2n) is 5.88. The standard InChI is InChI=1S/C19H19ClN2O3/c1-2-22-12-13(11-18(22)23)19(24)21-14-7-9-15(10-8-14)25-17-6-4-3-5-16(17)20/h3-10,13H,2,11-12H2,1H3,(H,21,24)/t13-/m1/s1. The smallest absolute Gasteiger partial charge is 0.229 e. The first-order valence-electron chi connectivity index (χ1n) is 8.18. The van der Waals surface area contributed by atoms with Crippen LogP contribution >= 0.6 is 11.6 Å². The van der Waals surface area contributed by atoms with Crippen LogP contribution in [0.2, 0.25) is 5.02 Å². The van der Waals surface area contributed by atoms with Gasteiger partial charge in [-0.2, -0.15) is 0 Å². The van der Waals surface area contributed by atoms with Crippen LogP contribution in [0.5, 0.6) is 11.5 Å². The van der Waals surface area contributed by atoms with Gasteiger partial charge in [-0.05, 0) is 43.3 Å². The molecule has 0 unspecified atom stereocenters. The number of anilines is 1. The van der Waals surface area contributed by atoms with Gasteiger partial charge in [0.25, 0.3) is 0 Å². The first-order chi connectivity index (χ1) is 12.1. The summed E-state index contributed by atoms with van der Waals surface area (Å²) < 4.78 is 5.72. The van der Waals surface area contributed by atoms with E-state index in [1.807, 2.05) is 19.1 Å². The van der Waals surface area contributed by atoms with Crippen LogP contribution in [-0.4, -0.2) is 29.8 Å². The van der Waals surface area contributed by atoms with E-state index >= 15 is 0 Å². The number of nitrogens with one attached hydrogen (secondary N) is 1. The van der Waals surface area contributed by atoms with Gasteiger partial charge in [0.2, 0.25) is 11.8 Å². The first kappa shape index (κ1) is 17.3. The highest BCUT2D eigenvalue weighted by Crippen LogP contribution is 2.29. The largest absolute Gasteiger partial charge is 0.456 e. The number of rotatable bonds is 5. The number of carbonyl (C=O) groups is 2. The molecule has 0 aliphatic carbocycles. The van der Waals surface area contributed by atoms with Gasteiger partial charge in [-0.3, -0.25) is 9.59 Å². The Hall–Kier alpha value is -2.53. The number of carbonyl (C=O) groups excluding carboxylic acids is 2. The number of nitrogens with zero attached hydrogens (tertiary/aromatic N) is 1. The molecule has 2 aromatic rings. The summed E-state index contributed by atoms with van der Waals surface area (Å²) in [4.78, 5) is 25.7. The summed E-state index contributed by atoms with van der Waals surface area (Å²) in [7, 11) is 0. The lowest BCUT2D eigenvalue weighted by Gasteiger charge is -2.14. The maximum atomic E-state index is 12.3. The Kier molecular flexibility index (Phi) is 5.24. The van der Waals surface area contributed by atoms with E-state index in [4.69, 9.17) is 16.3 Å². The lowest BCUT2D eigenvalue weighted by molar-refractivity contribution is -0.128. The van der Waals surface area contributed by atoms with Crippen LogP contribution in [0.1, 0.15) is 13.3 Å². The van der Waals surface area contributed by atoms with E-state index in [9.17, 15) is 9.59 Å². The van der Waals surface area contributed by atoms with Crippen molar-refractivity contribution in [1.82, 2.24) is 4.90 Å². The highest BCUT2D eigenvalue weighted by Gasteiger charge is 2.33. The van der Waals surface area contributed by atoms with Gasteiger partial charge in [0, 0.05) is 25.2 Å². The lowest BCUT2D eigenvalue weighted by atomic mass is 10.1. The van der Waals surface area contributed by atoms with Crippen molar-refractivity contribution >= 4 is 29.1 Å². The Morgan fingerprint density at radius 3 is 2.60 bits per heavy atom. The highest BCUT2D eigenvalue weighted by atomic mass is 35.5. The van der Waals surface area contributed by atoms with Gasteiger partial charge in [0.05, 0.1) is 10.9 Å². The molecule has 1 fully saturated rings. The summed E-state index contributed by atoms with van der Waals surface area (Å²) in [5, 5.41) is 3.39. The van der Waals surface area contributed by atoms with E-state index in [2.05, 4.69) is 5.32 Å². The van der Waals surface area contributed by atoms with E-state index in [0.717, 1.165) is 0 Å². The van der Waals surface area contributed by atoms with Crippen molar-refractivity contribution < 1.29 is 14.3 Å². The molecular formula is C19H19ClN2O3. The van der Waals surface area contributed by atoms with Crippen molar-refractivity contribution in [3.8, 4) is 11.5 Å². The van der Waals surface area contributed by atoms with E-state index in [1.54, 1.807) is 41.3 Å². The second-order valence-corrected chi connectivity index (χ2v) is 6.29. The van der Waals surface area contributed by atoms with Crippen molar-refractivity contribution in [2.75, 3.05) is 18.4 Å². The fourth-order valence-electron chi connectivity index (χ4n) is 2.76. The van der Waals surface area contributed by atoms with Crippen molar-refractivity contribution in [3.05, 3.63) is 53.6 Å². The zero-order chi connectivity index (χ0) is 17.8. The fourth-order valence-corrected chi connectivity index (χ4v) is 2.93. The summed E-state index contributed by atoms with van der Waals surface area (Å²) in [6.07, 6.45) is 0.271. The number of halogens is 1. The molecule has 1 aliphatic rings. The fraction of sp³-hybridized carbons (Fsp3) is 0.263. The lowest BCUT2D eigenvalue weighted by Crippen LogP contribution is -2.28. The maximum absolute atomic E-state index is 12.3. The van der Waals surface area contributed by atoms with Crippen molar-refractivity contribution in [2.45, 2.75) is 13.3 Å². The van der Waals surface area contributed by atoms with Crippen LogP contribution in [-0.2, 0) is 9.59 Å². The van der Waals surface area contributed by atoms with Crippen LogP contribution in [0.4, 0.5) is 5.69 Å². The molecule has 1 atom stereocenters. The van der Waals surface area contributed by atoms with Crippen molar-refractivity contribution in [2.24, 2.45) is 5.92 Å². The quantitative estimate of drug-likeness (QED) is 0.880. The Morgan fingerprint density at radius 1 is 1.24 bits per heavy atom. The number of hydrogen-bond donors (Lipinski definition) is 1. The van der Waals surface area contributed by atoms with Gasteiger partial charge < -0.3 is 15.0 Å². The molecule has 2 amide bonds. The minimum absolute atomic E-state index is 0.0335. The van der Waals surface area contributed by atoms with Crippen LogP contribution in [0.25, 0.3) is 0 Å². The molecule has 1 heterocycles. The number of hydrogen-bond acceptors (Lipinski definition) is 3. The zero-order valence-electron chi connectivity index (χ0n) is 13.9. The predicted molar refractivity (Wildman–Crippen MR) is 97.0 cm³/mol. The van der Waals surface area contributed by atoms with Crippen LogP contribution in [0, 0.1) is 5.92 Å². The van der Waals surface area contributed by atoms with E-state index in [0.29, 0.717) is 35.3 Å². The van der Waals surface area contributed by atoms with Crippen LogP contribution in [0.3, 0.4) is 0 Å². The molecule has 0 radical (unpaired) electrons. The molecule has 0 saturated carbocycles. The predicted octanol–water partition coefficient (Wildman–Crippen LogP) is 3.94. The molecule has 1 saturated heterocycles. The molecule has 2 aromatic carbocycles. The normalized spacial score (nSPS) is 16.8. The van der Waals surface area contributed by atoms with Gasteiger partial charge in [-0.25, -0.2) is 0 Å². The molecule has 130 valence electrons. The monoisotopic (exact) mass is 358 g/mol. The molecule has 1 aliphatic heterocycles. The van der Waals surface area contributed by atoms with Gasteiger partial charge in [-0.15, -0.1) is 0 Å².